The van der Waals surface area contributed by atoms with Crippen molar-refractivity contribution in [2.75, 3.05) is 0 Å². The van der Waals surface area contributed by atoms with E-state index in [1.54, 1.807) is 48.8 Å². The maximum Gasteiger partial charge on any atom is 0.295 e. The summed E-state index contributed by atoms with van der Waals surface area (Å²) >= 11 is 0. The number of likely N-dealkylation sites (tertiary alicyclic amines) is 1. The highest BCUT2D eigenvalue weighted by molar-refractivity contribution is 6.46. The van der Waals surface area contributed by atoms with Crippen LogP contribution in [0.4, 0.5) is 5.69 Å². The first-order valence-electron chi connectivity index (χ1n) is 11.0. The molecular formula is C26H21N3O6. The predicted molar refractivity (Wildman–Crippen MR) is 125 cm³/mol. The standard InChI is InChI=1S/C26H21N3O6/c1-15-11-19-12-18(5-6-21(19)35-15)24(30)22-23(17-3-2-4-20(13-17)29(33)34)28(26(32)25(22)31)14-16-7-9-27-10-8-16/h2-10,12-13,15,23,30H,11,14H2,1H3. The molecule has 2 aliphatic rings. The van der Waals surface area contributed by atoms with E-state index in [1.165, 1.54) is 23.1 Å². The number of nitro groups is 1. The molecule has 1 saturated heterocycles. The van der Waals surface area contributed by atoms with Crippen LogP contribution < -0.4 is 4.74 Å². The Balaban J connectivity index is 1.65. The summed E-state index contributed by atoms with van der Waals surface area (Å²) in [6.45, 7) is 2.00. The van der Waals surface area contributed by atoms with Crippen molar-refractivity contribution in [2.45, 2.75) is 32.0 Å². The maximum absolute atomic E-state index is 13.2. The van der Waals surface area contributed by atoms with Gasteiger partial charge in [0.2, 0.25) is 0 Å². The molecule has 3 aromatic rings. The van der Waals surface area contributed by atoms with E-state index in [0.717, 1.165) is 11.1 Å². The van der Waals surface area contributed by atoms with Crippen LogP contribution in [0.5, 0.6) is 5.75 Å². The topological polar surface area (TPSA) is 123 Å². The summed E-state index contributed by atoms with van der Waals surface area (Å²) in [5.41, 5.74) is 2.04. The monoisotopic (exact) mass is 471 g/mol. The van der Waals surface area contributed by atoms with Crippen LogP contribution in [-0.2, 0) is 22.6 Å². The van der Waals surface area contributed by atoms with Gasteiger partial charge in [0.25, 0.3) is 17.4 Å². The molecule has 2 atom stereocenters. The third kappa shape index (κ3) is 4.01. The molecule has 0 radical (unpaired) electrons. The van der Waals surface area contributed by atoms with E-state index < -0.39 is 22.7 Å². The van der Waals surface area contributed by atoms with Gasteiger partial charge in [0.1, 0.15) is 17.6 Å². The van der Waals surface area contributed by atoms with Crippen LogP contribution in [0, 0.1) is 10.1 Å². The number of non-ortho nitro benzene ring substituents is 1. The lowest BCUT2D eigenvalue weighted by Gasteiger charge is -2.25. The van der Waals surface area contributed by atoms with E-state index in [0.29, 0.717) is 23.3 Å². The van der Waals surface area contributed by atoms with Crippen LogP contribution in [-0.4, -0.2) is 37.7 Å². The number of nitrogens with zero attached hydrogens (tertiary/aromatic N) is 3. The molecule has 9 nitrogen and oxygen atoms in total. The molecular weight excluding hydrogens is 450 g/mol. The molecule has 0 saturated carbocycles. The highest BCUT2D eigenvalue weighted by atomic mass is 16.6. The van der Waals surface area contributed by atoms with Crippen molar-refractivity contribution in [1.29, 1.82) is 0 Å². The average Bonchev–Trinajstić information content (AvgIpc) is 3.35. The second-order valence-corrected chi connectivity index (χ2v) is 8.59. The van der Waals surface area contributed by atoms with Gasteiger partial charge in [-0.15, -0.1) is 0 Å². The molecule has 1 N–H and O–H groups in total. The van der Waals surface area contributed by atoms with Gasteiger partial charge in [0.15, 0.2) is 0 Å². The van der Waals surface area contributed by atoms with Crippen molar-refractivity contribution in [2.24, 2.45) is 0 Å². The Kier molecular flexibility index (Phi) is 5.52. The number of fused-ring (bicyclic) bond motifs is 1. The summed E-state index contributed by atoms with van der Waals surface area (Å²) in [5.74, 6) is -1.27. The number of carbonyl (C=O) groups excluding carboxylic acids is 2. The molecule has 2 aromatic carbocycles. The Labute approximate surface area is 200 Å². The quantitative estimate of drug-likeness (QED) is 0.197. The number of Topliss-reactive ketones (excluding diaryl/α,β-unsaturated/α-hetero) is 1. The Hall–Kier alpha value is -4.53. The number of aliphatic hydroxyl groups is 1. The summed E-state index contributed by atoms with van der Waals surface area (Å²) < 4.78 is 5.72. The van der Waals surface area contributed by atoms with Crippen LogP contribution in [0.15, 0.2) is 72.6 Å². The van der Waals surface area contributed by atoms with Crippen LogP contribution in [0.2, 0.25) is 0 Å². The van der Waals surface area contributed by atoms with Gasteiger partial charge in [-0.25, -0.2) is 0 Å². The second-order valence-electron chi connectivity index (χ2n) is 8.59. The second kappa shape index (κ2) is 8.68. The van der Waals surface area contributed by atoms with Crippen LogP contribution in [0.3, 0.4) is 0 Å². The molecule has 0 aliphatic carbocycles. The number of pyridine rings is 1. The fourth-order valence-corrected chi connectivity index (χ4v) is 4.61. The number of benzene rings is 2. The summed E-state index contributed by atoms with van der Waals surface area (Å²) in [4.78, 5) is 42.6. The Morgan fingerprint density at radius 1 is 1.17 bits per heavy atom. The van der Waals surface area contributed by atoms with Crippen LogP contribution in [0.25, 0.3) is 5.76 Å². The lowest BCUT2D eigenvalue weighted by atomic mass is 9.94. The molecule has 35 heavy (non-hydrogen) atoms. The van der Waals surface area contributed by atoms with Crippen molar-refractivity contribution in [1.82, 2.24) is 9.88 Å². The van der Waals surface area contributed by atoms with E-state index in [-0.39, 0.29) is 29.7 Å². The largest absolute Gasteiger partial charge is 0.507 e. The lowest BCUT2D eigenvalue weighted by molar-refractivity contribution is -0.384. The molecule has 1 amide bonds. The van der Waals surface area contributed by atoms with Gasteiger partial charge in [0, 0.05) is 43.1 Å². The molecule has 9 heteroatoms. The zero-order valence-electron chi connectivity index (χ0n) is 18.7. The van der Waals surface area contributed by atoms with Crippen molar-refractivity contribution in [3.8, 4) is 5.75 Å². The van der Waals surface area contributed by atoms with Gasteiger partial charge in [-0.1, -0.05) is 12.1 Å². The summed E-state index contributed by atoms with van der Waals surface area (Å²) in [7, 11) is 0. The van der Waals surface area contributed by atoms with Crippen molar-refractivity contribution in [3.63, 3.8) is 0 Å². The number of ketones is 1. The molecule has 1 fully saturated rings. The summed E-state index contributed by atoms with van der Waals surface area (Å²) in [5, 5.41) is 22.7. The molecule has 2 unspecified atom stereocenters. The zero-order chi connectivity index (χ0) is 24.7. The Morgan fingerprint density at radius 3 is 2.69 bits per heavy atom. The summed E-state index contributed by atoms with van der Waals surface area (Å²) in [6, 6.07) is 13.3. The minimum Gasteiger partial charge on any atom is -0.507 e. The molecule has 0 bridgehead atoms. The molecule has 176 valence electrons. The van der Waals surface area contributed by atoms with Gasteiger partial charge in [-0.3, -0.25) is 24.7 Å². The minimum absolute atomic E-state index is 0.00166. The Bertz CT molecular complexity index is 1380. The third-order valence-electron chi connectivity index (χ3n) is 6.21. The highest BCUT2D eigenvalue weighted by Crippen LogP contribution is 2.42. The number of carbonyl (C=O) groups is 2. The first-order valence-corrected chi connectivity index (χ1v) is 11.0. The van der Waals surface area contributed by atoms with E-state index in [1.807, 2.05) is 6.92 Å². The van der Waals surface area contributed by atoms with Crippen molar-refractivity contribution in [3.05, 3.63) is 105 Å². The molecule has 2 aliphatic heterocycles. The Morgan fingerprint density at radius 2 is 1.94 bits per heavy atom. The van der Waals surface area contributed by atoms with E-state index in [9.17, 15) is 24.8 Å². The molecule has 1 aromatic heterocycles. The van der Waals surface area contributed by atoms with Crippen molar-refractivity contribution >= 4 is 23.1 Å². The van der Waals surface area contributed by atoms with Crippen LogP contribution >= 0.6 is 0 Å². The normalized spacial score (nSPS) is 20.5. The minimum atomic E-state index is -1.01. The molecule has 5 rings (SSSR count). The van der Waals surface area contributed by atoms with Gasteiger partial charge in [0.05, 0.1) is 16.5 Å². The zero-order valence-corrected chi connectivity index (χ0v) is 18.7. The van der Waals surface area contributed by atoms with Gasteiger partial charge >= 0.3 is 0 Å². The third-order valence-corrected chi connectivity index (χ3v) is 6.21. The number of nitro benzene ring substituents is 1. The SMILES string of the molecule is CC1Cc2cc(C(O)=C3C(=O)C(=O)N(Cc4ccncc4)C3c3cccc([N+](=O)[O-])c3)ccc2O1. The maximum atomic E-state index is 13.2. The number of aromatic nitrogens is 1. The van der Waals surface area contributed by atoms with Crippen molar-refractivity contribution < 1.29 is 24.4 Å². The number of hydrogen-bond donors (Lipinski definition) is 1. The fourth-order valence-electron chi connectivity index (χ4n) is 4.61. The van der Waals surface area contributed by atoms with Crippen LogP contribution in [0.1, 0.15) is 35.2 Å². The number of hydrogen-bond acceptors (Lipinski definition) is 7. The van der Waals surface area contributed by atoms with E-state index in [2.05, 4.69) is 4.98 Å². The predicted octanol–water partition coefficient (Wildman–Crippen LogP) is 3.94. The smallest absolute Gasteiger partial charge is 0.295 e. The molecule has 3 heterocycles. The van der Waals surface area contributed by atoms with Gasteiger partial charge < -0.3 is 14.7 Å². The number of rotatable bonds is 5. The first kappa shape index (κ1) is 22.3. The van der Waals surface area contributed by atoms with Gasteiger partial charge in [-0.05, 0) is 53.9 Å². The van der Waals surface area contributed by atoms with Gasteiger partial charge in [-0.2, -0.15) is 0 Å². The fraction of sp³-hybridized carbons (Fsp3) is 0.192. The average molecular weight is 471 g/mol. The summed E-state index contributed by atoms with van der Waals surface area (Å²) in [6.07, 6.45) is 3.79. The number of amides is 1. The number of aliphatic hydroxyl groups excluding tert-OH is 1. The highest BCUT2D eigenvalue weighted by Gasteiger charge is 2.46. The van der Waals surface area contributed by atoms with E-state index >= 15 is 0 Å². The first-order chi connectivity index (χ1) is 16.8. The number of ether oxygens (including phenoxy) is 1. The van der Waals surface area contributed by atoms with E-state index in [4.69, 9.17) is 4.74 Å². The lowest BCUT2D eigenvalue weighted by Crippen LogP contribution is -2.29. The molecule has 0 spiro atoms.